The molecule has 0 saturated heterocycles. The van der Waals surface area contributed by atoms with Gasteiger partial charge in [-0.15, -0.1) is 0 Å². The summed E-state index contributed by atoms with van der Waals surface area (Å²) in [5.74, 6) is 3.45. The van der Waals surface area contributed by atoms with Crippen molar-refractivity contribution in [2.75, 3.05) is 0 Å². The zero-order valence-corrected chi connectivity index (χ0v) is 17.1. The summed E-state index contributed by atoms with van der Waals surface area (Å²) in [6.07, 6.45) is 8.17. The van der Waals surface area contributed by atoms with Gasteiger partial charge in [-0.1, -0.05) is 18.2 Å². The first-order valence-electron chi connectivity index (χ1n) is 11.0. The monoisotopic (exact) mass is 404 g/mol. The first-order chi connectivity index (χ1) is 14.6. The summed E-state index contributed by atoms with van der Waals surface area (Å²) >= 11 is 0. The SMILES string of the molecule is O=C(CC12CC3CC(CC(C3)C1)C2)NNC(=O)c1ccc(Oc2ccccc2)cc1. The molecule has 4 aliphatic rings. The van der Waals surface area contributed by atoms with Crippen molar-refractivity contribution in [3.63, 3.8) is 0 Å². The maximum Gasteiger partial charge on any atom is 0.269 e. The molecule has 2 N–H and O–H groups in total. The third-order valence-corrected chi connectivity index (χ3v) is 7.11. The van der Waals surface area contributed by atoms with Gasteiger partial charge in [0.05, 0.1) is 0 Å². The topological polar surface area (TPSA) is 67.4 Å². The molecule has 5 heteroatoms. The van der Waals surface area contributed by atoms with Gasteiger partial charge in [0.25, 0.3) is 5.91 Å². The van der Waals surface area contributed by atoms with E-state index in [1.54, 1.807) is 24.3 Å². The van der Waals surface area contributed by atoms with E-state index in [0.717, 1.165) is 23.5 Å². The van der Waals surface area contributed by atoms with Crippen LogP contribution in [0, 0.1) is 23.2 Å². The number of ether oxygens (including phenoxy) is 1. The average Bonchev–Trinajstić information content (AvgIpc) is 2.72. The fraction of sp³-hybridized carbons (Fsp3) is 0.440. The molecule has 0 unspecified atom stereocenters. The van der Waals surface area contributed by atoms with Crippen LogP contribution in [0.3, 0.4) is 0 Å². The van der Waals surface area contributed by atoms with Crippen LogP contribution in [0.1, 0.15) is 55.3 Å². The molecule has 4 aliphatic carbocycles. The highest BCUT2D eigenvalue weighted by Crippen LogP contribution is 2.61. The Kier molecular flexibility index (Phi) is 4.97. The van der Waals surface area contributed by atoms with Gasteiger partial charge in [0.1, 0.15) is 11.5 Å². The molecule has 30 heavy (non-hydrogen) atoms. The number of hydrogen-bond acceptors (Lipinski definition) is 3. The Morgan fingerprint density at radius 1 is 0.800 bits per heavy atom. The second kappa shape index (κ2) is 7.78. The molecule has 4 saturated carbocycles. The molecule has 0 spiro atoms. The molecule has 0 aromatic heterocycles. The van der Waals surface area contributed by atoms with Gasteiger partial charge in [0.15, 0.2) is 0 Å². The number of hydrogen-bond donors (Lipinski definition) is 2. The number of amides is 2. The average molecular weight is 405 g/mol. The molecule has 0 heterocycles. The van der Waals surface area contributed by atoms with Gasteiger partial charge < -0.3 is 4.74 Å². The molecule has 0 radical (unpaired) electrons. The van der Waals surface area contributed by atoms with E-state index in [4.69, 9.17) is 4.74 Å². The molecule has 2 aromatic carbocycles. The minimum Gasteiger partial charge on any atom is -0.457 e. The maximum absolute atomic E-state index is 12.6. The Labute approximate surface area is 177 Å². The van der Waals surface area contributed by atoms with Gasteiger partial charge in [-0.05, 0) is 98.1 Å². The van der Waals surface area contributed by atoms with E-state index in [-0.39, 0.29) is 17.2 Å². The van der Waals surface area contributed by atoms with E-state index < -0.39 is 0 Å². The quantitative estimate of drug-likeness (QED) is 0.700. The van der Waals surface area contributed by atoms with Crippen molar-refractivity contribution < 1.29 is 14.3 Å². The molecule has 5 nitrogen and oxygen atoms in total. The van der Waals surface area contributed by atoms with Gasteiger partial charge in [-0.25, -0.2) is 0 Å². The van der Waals surface area contributed by atoms with E-state index in [2.05, 4.69) is 10.9 Å². The Balaban J connectivity index is 1.13. The molecule has 0 aliphatic heterocycles. The number of carbonyl (C=O) groups excluding carboxylic acids is 2. The number of nitrogens with one attached hydrogen (secondary N) is 2. The standard InChI is InChI=1S/C25H28N2O3/c28-23(16-25-13-17-10-18(14-25)12-19(11-17)15-25)26-27-24(29)20-6-8-22(9-7-20)30-21-4-2-1-3-5-21/h1-9,17-19H,10-16H2,(H,26,28)(H,27,29). The molecule has 6 rings (SSSR count). The van der Waals surface area contributed by atoms with Crippen molar-refractivity contribution >= 4 is 11.8 Å². The molecule has 4 bridgehead atoms. The van der Waals surface area contributed by atoms with Crippen LogP contribution < -0.4 is 15.6 Å². The number of para-hydroxylation sites is 1. The second-order valence-electron chi connectivity index (χ2n) is 9.54. The first-order valence-corrected chi connectivity index (χ1v) is 11.0. The maximum atomic E-state index is 12.6. The molecule has 156 valence electrons. The van der Waals surface area contributed by atoms with Crippen LogP contribution >= 0.6 is 0 Å². The third kappa shape index (κ3) is 4.07. The minimum atomic E-state index is -0.319. The number of rotatable bonds is 5. The highest BCUT2D eigenvalue weighted by molar-refractivity contribution is 5.95. The van der Waals surface area contributed by atoms with E-state index >= 15 is 0 Å². The Hall–Kier alpha value is -2.82. The largest absolute Gasteiger partial charge is 0.457 e. The van der Waals surface area contributed by atoms with E-state index in [9.17, 15) is 9.59 Å². The first kappa shape index (κ1) is 19.2. The van der Waals surface area contributed by atoms with Crippen LogP contribution in [0.4, 0.5) is 0 Å². The summed E-state index contributed by atoms with van der Waals surface area (Å²) in [7, 11) is 0. The lowest BCUT2D eigenvalue weighted by molar-refractivity contribution is -0.130. The summed E-state index contributed by atoms with van der Waals surface area (Å²) in [5, 5.41) is 0. The van der Waals surface area contributed by atoms with Crippen LogP contribution in [-0.2, 0) is 4.79 Å². The van der Waals surface area contributed by atoms with Crippen molar-refractivity contribution in [1.29, 1.82) is 0 Å². The molecule has 0 atom stereocenters. The van der Waals surface area contributed by atoms with Crippen LogP contribution in [-0.4, -0.2) is 11.8 Å². The van der Waals surface area contributed by atoms with E-state index in [1.165, 1.54) is 38.5 Å². The zero-order chi connectivity index (χ0) is 20.6. The Bertz CT molecular complexity index is 888. The lowest BCUT2D eigenvalue weighted by Crippen LogP contribution is -2.50. The van der Waals surface area contributed by atoms with Gasteiger partial charge in [0, 0.05) is 12.0 Å². The number of benzene rings is 2. The van der Waals surface area contributed by atoms with Crippen molar-refractivity contribution in [2.24, 2.45) is 23.2 Å². The second-order valence-corrected chi connectivity index (χ2v) is 9.54. The summed E-state index contributed by atoms with van der Waals surface area (Å²) < 4.78 is 5.74. The highest BCUT2D eigenvalue weighted by atomic mass is 16.5. The predicted octanol–water partition coefficient (Wildman–Crippen LogP) is 4.85. The van der Waals surface area contributed by atoms with Crippen molar-refractivity contribution in [3.05, 3.63) is 60.2 Å². The van der Waals surface area contributed by atoms with Crippen LogP contribution in [0.2, 0.25) is 0 Å². The Morgan fingerprint density at radius 2 is 1.37 bits per heavy atom. The van der Waals surface area contributed by atoms with Crippen molar-refractivity contribution in [2.45, 2.75) is 44.9 Å². The molecule has 4 fully saturated rings. The van der Waals surface area contributed by atoms with Crippen LogP contribution in [0.15, 0.2) is 54.6 Å². The number of carbonyl (C=O) groups is 2. The lowest BCUT2D eigenvalue weighted by Gasteiger charge is -2.56. The van der Waals surface area contributed by atoms with Crippen molar-refractivity contribution in [1.82, 2.24) is 10.9 Å². The normalized spacial score (nSPS) is 28.7. The number of hydrazine groups is 1. The summed E-state index contributed by atoms with van der Waals surface area (Å²) in [5.41, 5.74) is 5.86. The fourth-order valence-electron chi connectivity index (χ4n) is 6.39. The zero-order valence-electron chi connectivity index (χ0n) is 17.1. The van der Waals surface area contributed by atoms with Crippen LogP contribution in [0.5, 0.6) is 11.5 Å². The van der Waals surface area contributed by atoms with Gasteiger partial charge in [-0.2, -0.15) is 0 Å². The fourth-order valence-corrected chi connectivity index (χ4v) is 6.39. The molecular weight excluding hydrogens is 376 g/mol. The summed E-state index contributed by atoms with van der Waals surface area (Å²) in [4.78, 5) is 25.0. The van der Waals surface area contributed by atoms with E-state index in [0.29, 0.717) is 17.7 Å². The summed E-state index contributed by atoms with van der Waals surface area (Å²) in [6.45, 7) is 0. The molecular formula is C25H28N2O3. The van der Waals surface area contributed by atoms with Crippen LogP contribution in [0.25, 0.3) is 0 Å². The molecule has 2 aromatic rings. The van der Waals surface area contributed by atoms with Gasteiger partial charge >= 0.3 is 0 Å². The highest BCUT2D eigenvalue weighted by Gasteiger charge is 2.51. The van der Waals surface area contributed by atoms with E-state index in [1.807, 2.05) is 30.3 Å². The van der Waals surface area contributed by atoms with Gasteiger partial charge in [0.2, 0.25) is 5.91 Å². The Morgan fingerprint density at radius 3 is 1.97 bits per heavy atom. The van der Waals surface area contributed by atoms with Gasteiger partial charge in [-0.3, -0.25) is 20.4 Å². The predicted molar refractivity (Wildman–Crippen MR) is 114 cm³/mol. The lowest BCUT2D eigenvalue weighted by atomic mass is 9.49. The summed E-state index contributed by atoms with van der Waals surface area (Å²) in [6, 6.07) is 16.4. The van der Waals surface area contributed by atoms with Crippen molar-refractivity contribution in [3.8, 4) is 11.5 Å². The minimum absolute atomic E-state index is 0.0747. The third-order valence-electron chi connectivity index (χ3n) is 7.11. The smallest absolute Gasteiger partial charge is 0.269 e. The molecule has 2 amide bonds.